The molecule has 0 aromatic carbocycles. The standard InChI is InChI=1S/C11H20FNO2/c1-8(12)9-6-5-7-13(9)10(14)15-11(2,3)4/h8-9H,5-7H2,1-4H3. The molecule has 1 amide bonds. The number of rotatable bonds is 1. The fourth-order valence-corrected chi connectivity index (χ4v) is 1.82. The monoisotopic (exact) mass is 217 g/mol. The van der Waals surface area contributed by atoms with Crippen LogP contribution in [0, 0.1) is 0 Å². The van der Waals surface area contributed by atoms with E-state index in [2.05, 4.69) is 0 Å². The molecule has 0 spiro atoms. The maximum atomic E-state index is 13.2. The average Bonchev–Trinajstić information content (AvgIpc) is 2.47. The molecular weight excluding hydrogens is 197 g/mol. The van der Waals surface area contributed by atoms with Gasteiger partial charge < -0.3 is 9.64 Å². The van der Waals surface area contributed by atoms with Crippen LogP contribution in [0.25, 0.3) is 0 Å². The van der Waals surface area contributed by atoms with Crippen molar-refractivity contribution in [1.29, 1.82) is 0 Å². The number of ether oxygens (including phenoxy) is 1. The van der Waals surface area contributed by atoms with Gasteiger partial charge in [0.1, 0.15) is 11.8 Å². The summed E-state index contributed by atoms with van der Waals surface area (Å²) in [6, 6.07) is -0.306. The number of carbonyl (C=O) groups is 1. The van der Waals surface area contributed by atoms with Gasteiger partial charge in [0, 0.05) is 6.54 Å². The van der Waals surface area contributed by atoms with Crippen molar-refractivity contribution in [3.63, 3.8) is 0 Å². The van der Waals surface area contributed by atoms with E-state index >= 15 is 0 Å². The lowest BCUT2D eigenvalue weighted by molar-refractivity contribution is 0.0161. The zero-order valence-corrected chi connectivity index (χ0v) is 9.92. The molecule has 4 heteroatoms. The van der Waals surface area contributed by atoms with Gasteiger partial charge in [-0.15, -0.1) is 0 Å². The summed E-state index contributed by atoms with van der Waals surface area (Å²) in [6.07, 6.45) is 0.212. The molecule has 0 N–H and O–H groups in total. The summed E-state index contributed by atoms with van der Waals surface area (Å²) >= 11 is 0. The second kappa shape index (κ2) is 4.37. The number of hydrogen-bond acceptors (Lipinski definition) is 2. The smallest absolute Gasteiger partial charge is 0.410 e. The number of halogens is 1. The van der Waals surface area contributed by atoms with E-state index in [0.717, 1.165) is 12.8 Å². The van der Waals surface area contributed by atoms with Crippen molar-refractivity contribution in [3.05, 3.63) is 0 Å². The van der Waals surface area contributed by atoms with E-state index in [1.54, 1.807) is 0 Å². The average molecular weight is 217 g/mol. The molecule has 1 aliphatic rings. The van der Waals surface area contributed by atoms with Gasteiger partial charge in [0.25, 0.3) is 0 Å². The fraction of sp³-hybridized carbons (Fsp3) is 0.909. The van der Waals surface area contributed by atoms with Crippen molar-refractivity contribution in [3.8, 4) is 0 Å². The van der Waals surface area contributed by atoms with Gasteiger partial charge in [-0.2, -0.15) is 0 Å². The van der Waals surface area contributed by atoms with Crippen LogP contribution in [-0.2, 0) is 4.74 Å². The lowest BCUT2D eigenvalue weighted by Crippen LogP contribution is -2.43. The Morgan fingerprint density at radius 3 is 2.60 bits per heavy atom. The number of alkyl halides is 1. The van der Waals surface area contributed by atoms with Crippen LogP contribution in [0.1, 0.15) is 40.5 Å². The predicted octanol–water partition coefficient (Wildman–Crippen LogP) is 2.74. The minimum atomic E-state index is -0.986. The first-order chi connectivity index (χ1) is 6.81. The summed E-state index contributed by atoms with van der Waals surface area (Å²) < 4.78 is 18.4. The number of likely N-dealkylation sites (tertiary alicyclic amines) is 1. The molecule has 3 nitrogen and oxygen atoms in total. The SMILES string of the molecule is CC(F)C1CCCN1C(=O)OC(C)(C)C. The molecular formula is C11H20FNO2. The Morgan fingerprint density at radius 2 is 2.13 bits per heavy atom. The van der Waals surface area contributed by atoms with Crippen LogP contribution in [0.5, 0.6) is 0 Å². The van der Waals surface area contributed by atoms with Gasteiger partial charge in [0.15, 0.2) is 0 Å². The van der Waals surface area contributed by atoms with E-state index in [4.69, 9.17) is 4.74 Å². The Hall–Kier alpha value is -0.800. The molecule has 2 unspecified atom stereocenters. The van der Waals surface area contributed by atoms with Gasteiger partial charge in [-0.3, -0.25) is 0 Å². The van der Waals surface area contributed by atoms with Gasteiger partial charge in [-0.1, -0.05) is 0 Å². The zero-order valence-electron chi connectivity index (χ0n) is 9.92. The van der Waals surface area contributed by atoms with E-state index in [9.17, 15) is 9.18 Å². The normalized spacial score (nSPS) is 24.1. The molecule has 2 atom stereocenters. The maximum Gasteiger partial charge on any atom is 0.410 e. The van der Waals surface area contributed by atoms with Crippen molar-refractivity contribution in [2.45, 2.75) is 58.4 Å². The Balaban J connectivity index is 2.59. The highest BCUT2D eigenvalue weighted by atomic mass is 19.1. The summed E-state index contributed by atoms with van der Waals surface area (Å²) in [7, 11) is 0. The number of hydrogen-bond donors (Lipinski definition) is 0. The van der Waals surface area contributed by atoms with Gasteiger partial charge >= 0.3 is 6.09 Å². The third-order valence-corrected chi connectivity index (χ3v) is 2.46. The van der Waals surface area contributed by atoms with Crippen LogP contribution in [0.3, 0.4) is 0 Å². The zero-order chi connectivity index (χ0) is 11.6. The highest BCUT2D eigenvalue weighted by Crippen LogP contribution is 2.24. The number of amides is 1. The van der Waals surface area contributed by atoms with Crippen LogP contribution in [0.4, 0.5) is 9.18 Å². The molecule has 1 heterocycles. The summed E-state index contributed by atoms with van der Waals surface area (Å²) in [5.74, 6) is 0. The molecule has 0 radical (unpaired) electrons. The topological polar surface area (TPSA) is 29.5 Å². The first kappa shape index (κ1) is 12.3. The van der Waals surface area contributed by atoms with Gasteiger partial charge in [0.2, 0.25) is 0 Å². The van der Waals surface area contributed by atoms with Crippen LogP contribution < -0.4 is 0 Å². The lowest BCUT2D eigenvalue weighted by atomic mass is 10.1. The van der Waals surface area contributed by atoms with Crippen molar-refractivity contribution in [1.82, 2.24) is 4.90 Å². The second-order valence-corrected chi connectivity index (χ2v) is 5.06. The van der Waals surface area contributed by atoms with E-state index in [0.29, 0.717) is 6.54 Å². The summed E-state index contributed by atoms with van der Waals surface area (Å²) in [6.45, 7) is 7.54. The van der Waals surface area contributed by atoms with Crippen molar-refractivity contribution in [2.75, 3.05) is 6.54 Å². The lowest BCUT2D eigenvalue weighted by Gasteiger charge is -2.29. The largest absolute Gasteiger partial charge is 0.444 e. The minimum absolute atomic E-state index is 0.306. The molecule has 15 heavy (non-hydrogen) atoms. The van der Waals surface area contributed by atoms with E-state index in [1.807, 2.05) is 20.8 Å². The third kappa shape index (κ3) is 3.36. The second-order valence-electron chi connectivity index (χ2n) is 5.06. The van der Waals surface area contributed by atoms with Crippen LogP contribution in [-0.4, -0.2) is 35.4 Å². The van der Waals surface area contributed by atoms with E-state index < -0.39 is 17.9 Å². The van der Waals surface area contributed by atoms with Gasteiger partial charge in [-0.25, -0.2) is 9.18 Å². The molecule has 0 aromatic rings. The molecule has 1 saturated heterocycles. The maximum absolute atomic E-state index is 13.2. The van der Waals surface area contributed by atoms with Crippen molar-refractivity contribution < 1.29 is 13.9 Å². The molecule has 0 aliphatic carbocycles. The molecule has 1 rings (SSSR count). The highest BCUT2D eigenvalue weighted by Gasteiger charge is 2.35. The fourth-order valence-electron chi connectivity index (χ4n) is 1.82. The Kier molecular flexibility index (Phi) is 3.58. The van der Waals surface area contributed by atoms with Gasteiger partial charge in [-0.05, 0) is 40.5 Å². The summed E-state index contributed by atoms with van der Waals surface area (Å²) in [5, 5.41) is 0. The van der Waals surface area contributed by atoms with E-state index in [-0.39, 0.29) is 6.04 Å². The minimum Gasteiger partial charge on any atom is -0.444 e. The predicted molar refractivity (Wildman–Crippen MR) is 56.5 cm³/mol. The number of nitrogens with zero attached hydrogens (tertiary/aromatic N) is 1. The van der Waals surface area contributed by atoms with Crippen LogP contribution >= 0.6 is 0 Å². The highest BCUT2D eigenvalue weighted by molar-refractivity contribution is 5.69. The molecule has 1 aliphatic heterocycles. The van der Waals surface area contributed by atoms with Gasteiger partial charge in [0.05, 0.1) is 6.04 Å². The van der Waals surface area contributed by atoms with Crippen molar-refractivity contribution in [2.24, 2.45) is 0 Å². The molecule has 88 valence electrons. The third-order valence-electron chi connectivity index (χ3n) is 2.46. The molecule has 1 fully saturated rings. The summed E-state index contributed by atoms with van der Waals surface area (Å²) in [5.41, 5.74) is -0.510. The first-order valence-corrected chi connectivity index (χ1v) is 5.45. The first-order valence-electron chi connectivity index (χ1n) is 5.45. The van der Waals surface area contributed by atoms with E-state index in [1.165, 1.54) is 11.8 Å². The van der Waals surface area contributed by atoms with Crippen LogP contribution in [0.2, 0.25) is 0 Å². The van der Waals surface area contributed by atoms with Crippen LogP contribution in [0.15, 0.2) is 0 Å². The Morgan fingerprint density at radius 1 is 1.53 bits per heavy atom. The summed E-state index contributed by atoms with van der Waals surface area (Å²) in [4.78, 5) is 13.2. The van der Waals surface area contributed by atoms with Crippen molar-refractivity contribution >= 4 is 6.09 Å². The molecule has 0 saturated carbocycles. The Labute approximate surface area is 90.6 Å². The quantitative estimate of drug-likeness (QED) is 0.676. The molecule has 0 aromatic heterocycles. The molecule has 0 bridgehead atoms. The Bertz CT molecular complexity index is 235. The number of carbonyl (C=O) groups excluding carboxylic acids is 1.